The molecule has 0 atom stereocenters. The summed E-state index contributed by atoms with van der Waals surface area (Å²) in [5.74, 6) is 1.61. The number of nitrogens with zero attached hydrogens (tertiary/aromatic N) is 1. The SMILES string of the molecule is COc1ccc(-c2nc3ccccc3c(=O)[nH]2)cc1OCc1cccc(Cl)c1. The Kier molecular flexibility index (Phi) is 5.00. The van der Waals surface area contributed by atoms with Gasteiger partial charge in [-0.2, -0.15) is 0 Å². The van der Waals surface area contributed by atoms with Crippen LogP contribution < -0.4 is 15.0 Å². The number of nitrogens with one attached hydrogen (secondary N) is 1. The van der Waals surface area contributed by atoms with Crippen LogP contribution in [0.2, 0.25) is 5.02 Å². The van der Waals surface area contributed by atoms with Crippen molar-refractivity contribution in [1.29, 1.82) is 0 Å². The number of halogens is 1. The van der Waals surface area contributed by atoms with Crippen LogP contribution in [0.4, 0.5) is 0 Å². The first kappa shape index (κ1) is 18.1. The zero-order valence-electron chi connectivity index (χ0n) is 15.1. The molecule has 1 N–H and O–H groups in total. The number of hydrogen-bond donors (Lipinski definition) is 1. The first-order valence-electron chi connectivity index (χ1n) is 8.69. The minimum Gasteiger partial charge on any atom is -0.493 e. The van der Waals surface area contributed by atoms with Crippen molar-refractivity contribution in [2.75, 3.05) is 7.11 Å². The van der Waals surface area contributed by atoms with Gasteiger partial charge in [0.05, 0.1) is 18.0 Å². The second-order valence-corrected chi connectivity index (χ2v) is 6.65. The van der Waals surface area contributed by atoms with Crippen molar-refractivity contribution in [2.24, 2.45) is 0 Å². The van der Waals surface area contributed by atoms with E-state index in [0.29, 0.717) is 39.9 Å². The summed E-state index contributed by atoms with van der Waals surface area (Å²) >= 11 is 6.03. The molecule has 4 rings (SSSR count). The van der Waals surface area contributed by atoms with Crippen LogP contribution in [0.3, 0.4) is 0 Å². The standard InChI is InChI=1S/C22H17ClN2O3/c1-27-19-10-9-15(12-20(19)28-13-14-5-4-6-16(23)11-14)21-24-18-8-3-2-7-17(18)22(26)25-21/h2-12H,13H2,1H3,(H,24,25,26). The Morgan fingerprint density at radius 2 is 1.86 bits per heavy atom. The van der Waals surface area contributed by atoms with E-state index in [1.807, 2.05) is 48.5 Å². The lowest BCUT2D eigenvalue weighted by molar-refractivity contribution is 0.284. The Balaban J connectivity index is 1.69. The molecular weight excluding hydrogens is 376 g/mol. The van der Waals surface area contributed by atoms with Crippen molar-refractivity contribution in [3.63, 3.8) is 0 Å². The molecular formula is C22H17ClN2O3. The summed E-state index contributed by atoms with van der Waals surface area (Å²) in [6.45, 7) is 0.335. The Morgan fingerprint density at radius 1 is 1.00 bits per heavy atom. The molecule has 3 aromatic carbocycles. The van der Waals surface area contributed by atoms with Gasteiger partial charge in [-0.3, -0.25) is 4.79 Å². The normalized spacial score (nSPS) is 10.8. The zero-order chi connectivity index (χ0) is 19.5. The summed E-state index contributed by atoms with van der Waals surface area (Å²) in [4.78, 5) is 19.8. The maximum absolute atomic E-state index is 12.4. The molecule has 0 fully saturated rings. The maximum atomic E-state index is 12.4. The quantitative estimate of drug-likeness (QED) is 0.528. The van der Waals surface area contributed by atoms with Crippen LogP contribution in [-0.2, 0) is 6.61 Å². The number of hydrogen-bond acceptors (Lipinski definition) is 4. The van der Waals surface area contributed by atoms with Crippen molar-refractivity contribution in [1.82, 2.24) is 9.97 Å². The van der Waals surface area contributed by atoms with Crippen LogP contribution in [-0.4, -0.2) is 17.1 Å². The van der Waals surface area contributed by atoms with Gasteiger partial charge in [0, 0.05) is 10.6 Å². The van der Waals surface area contributed by atoms with E-state index in [1.165, 1.54) is 0 Å². The molecule has 4 aromatic rings. The topological polar surface area (TPSA) is 64.2 Å². The zero-order valence-corrected chi connectivity index (χ0v) is 15.9. The van der Waals surface area contributed by atoms with Crippen molar-refractivity contribution in [2.45, 2.75) is 6.61 Å². The fourth-order valence-corrected chi connectivity index (χ4v) is 3.16. The van der Waals surface area contributed by atoms with Crippen LogP contribution in [0.25, 0.3) is 22.3 Å². The summed E-state index contributed by atoms with van der Waals surface area (Å²) in [7, 11) is 1.58. The van der Waals surface area contributed by atoms with Gasteiger partial charge in [0.2, 0.25) is 0 Å². The predicted octanol–water partition coefficient (Wildman–Crippen LogP) is 4.83. The molecule has 0 saturated heterocycles. The lowest BCUT2D eigenvalue weighted by Gasteiger charge is -2.13. The third-order valence-electron chi connectivity index (χ3n) is 4.33. The number of methoxy groups -OCH3 is 1. The van der Waals surface area contributed by atoms with Crippen LogP contribution in [0.1, 0.15) is 5.56 Å². The van der Waals surface area contributed by atoms with Crippen molar-refractivity contribution in [3.8, 4) is 22.9 Å². The Hall–Kier alpha value is -3.31. The lowest BCUT2D eigenvalue weighted by atomic mass is 10.1. The first-order chi connectivity index (χ1) is 13.6. The van der Waals surface area contributed by atoms with Crippen molar-refractivity contribution < 1.29 is 9.47 Å². The van der Waals surface area contributed by atoms with E-state index < -0.39 is 0 Å². The molecule has 0 spiro atoms. The molecule has 6 heteroatoms. The Bertz CT molecular complexity index is 1200. The van der Waals surface area contributed by atoms with Gasteiger partial charge in [0.15, 0.2) is 11.5 Å². The molecule has 0 radical (unpaired) electrons. The van der Waals surface area contributed by atoms with Crippen molar-refractivity contribution in [3.05, 3.63) is 87.7 Å². The molecule has 1 heterocycles. The minimum atomic E-state index is -0.183. The molecule has 0 unspecified atom stereocenters. The third kappa shape index (κ3) is 3.70. The summed E-state index contributed by atoms with van der Waals surface area (Å²) in [6, 6.07) is 20.1. The maximum Gasteiger partial charge on any atom is 0.259 e. The second-order valence-electron chi connectivity index (χ2n) is 6.22. The fourth-order valence-electron chi connectivity index (χ4n) is 2.95. The van der Waals surface area contributed by atoms with E-state index in [2.05, 4.69) is 9.97 Å². The highest BCUT2D eigenvalue weighted by atomic mass is 35.5. The lowest BCUT2D eigenvalue weighted by Crippen LogP contribution is -2.09. The molecule has 140 valence electrons. The molecule has 0 aliphatic heterocycles. The molecule has 0 bridgehead atoms. The molecule has 0 amide bonds. The van der Waals surface area contributed by atoms with E-state index in [4.69, 9.17) is 21.1 Å². The average Bonchev–Trinajstić information content (AvgIpc) is 2.72. The van der Waals surface area contributed by atoms with Gasteiger partial charge in [-0.1, -0.05) is 35.9 Å². The molecule has 28 heavy (non-hydrogen) atoms. The van der Waals surface area contributed by atoms with Gasteiger partial charge in [-0.25, -0.2) is 4.98 Å². The van der Waals surface area contributed by atoms with Crippen LogP contribution >= 0.6 is 11.6 Å². The number of aromatic amines is 1. The van der Waals surface area contributed by atoms with E-state index in [9.17, 15) is 4.79 Å². The monoisotopic (exact) mass is 392 g/mol. The molecule has 0 saturated carbocycles. The van der Waals surface area contributed by atoms with Crippen LogP contribution in [0.5, 0.6) is 11.5 Å². The molecule has 5 nitrogen and oxygen atoms in total. The van der Waals surface area contributed by atoms with Crippen LogP contribution in [0, 0.1) is 0 Å². The number of H-pyrrole nitrogens is 1. The molecule has 1 aromatic heterocycles. The fraction of sp³-hybridized carbons (Fsp3) is 0.0909. The van der Waals surface area contributed by atoms with Gasteiger partial charge in [0.1, 0.15) is 12.4 Å². The Labute approximate surface area is 166 Å². The highest BCUT2D eigenvalue weighted by molar-refractivity contribution is 6.30. The first-order valence-corrected chi connectivity index (χ1v) is 9.06. The number of para-hydroxylation sites is 1. The van der Waals surface area contributed by atoms with Crippen LogP contribution in [0.15, 0.2) is 71.5 Å². The summed E-state index contributed by atoms with van der Waals surface area (Å²) < 4.78 is 11.3. The van der Waals surface area contributed by atoms with Gasteiger partial charge in [-0.05, 0) is 48.0 Å². The smallest absolute Gasteiger partial charge is 0.259 e. The van der Waals surface area contributed by atoms with E-state index in [-0.39, 0.29) is 5.56 Å². The molecule has 0 aliphatic rings. The minimum absolute atomic E-state index is 0.183. The van der Waals surface area contributed by atoms with E-state index in [1.54, 1.807) is 25.3 Å². The van der Waals surface area contributed by atoms with Gasteiger partial charge >= 0.3 is 0 Å². The number of aromatic nitrogens is 2. The van der Waals surface area contributed by atoms with E-state index in [0.717, 1.165) is 11.1 Å². The molecule has 0 aliphatic carbocycles. The number of benzene rings is 3. The largest absolute Gasteiger partial charge is 0.493 e. The predicted molar refractivity (Wildman–Crippen MR) is 110 cm³/mol. The average molecular weight is 393 g/mol. The van der Waals surface area contributed by atoms with E-state index >= 15 is 0 Å². The Morgan fingerprint density at radius 3 is 2.68 bits per heavy atom. The second kappa shape index (κ2) is 7.74. The number of fused-ring (bicyclic) bond motifs is 1. The van der Waals surface area contributed by atoms with Crippen molar-refractivity contribution >= 4 is 22.5 Å². The highest BCUT2D eigenvalue weighted by Crippen LogP contribution is 2.32. The van der Waals surface area contributed by atoms with Gasteiger partial charge < -0.3 is 14.5 Å². The third-order valence-corrected chi connectivity index (χ3v) is 4.57. The highest BCUT2D eigenvalue weighted by Gasteiger charge is 2.11. The summed E-state index contributed by atoms with van der Waals surface area (Å²) in [5.41, 5.74) is 2.12. The number of ether oxygens (including phenoxy) is 2. The summed E-state index contributed by atoms with van der Waals surface area (Å²) in [6.07, 6.45) is 0. The van der Waals surface area contributed by atoms with Gasteiger partial charge in [-0.15, -0.1) is 0 Å². The van der Waals surface area contributed by atoms with Gasteiger partial charge in [0.25, 0.3) is 5.56 Å². The number of rotatable bonds is 5. The summed E-state index contributed by atoms with van der Waals surface area (Å²) in [5, 5.41) is 1.21.